The lowest BCUT2D eigenvalue weighted by Gasteiger charge is -2.23. The standard InChI is InChI=1S/C26H27N3O4S/c1-4-29(21-11-6-5-7-12-21)34(31,32)22-14-15-25(33-3)23(17-22)27-26(30)18-28-19(2)16-20-10-8-9-13-24(20)28/h5-17H,4,18H2,1-3H3,(H,27,30). The molecule has 1 heterocycles. The Hall–Kier alpha value is -3.78. The van der Waals surface area contributed by atoms with E-state index in [0.717, 1.165) is 16.6 Å². The molecular weight excluding hydrogens is 450 g/mol. The Kier molecular flexibility index (Phi) is 6.61. The summed E-state index contributed by atoms with van der Waals surface area (Å²) < 4.78 is 35.5. The maximum absolute atomic E-state index is 13.4. The molecule has 0 atom stereocenters. The van der Waals surface area contributed by atoms with Crippen LogP contribution in [0, 0.1) is 6.92 Å². The first-order chi connectivity index (χ1) is 16.3. The lowest BCUT2D eigenvalue weighted by atomic mass is 10.2. The molecular formula is C26H27N3O4S. The van der Waals surface area contributed by atoms with E-state index < -0.39 is 10.0 Å². The fourth-order valence-electron chi connectivity index (χ4n) is 4.05. The van der Waals surface area contributed by atoms with Gasteiger partial charge in [-0.1, -0.05) is 36.4 Å². The summed E-state index contributed by atoms with van der Waals surface area (Å²) in [5.41, 5.74) is 2.79. The van der Waals surface area contributed by atoms with Gasteiger partial charge >= 0.3 is 0 Å². The SMILES string of the molecule is CCN(c1ccccc1)S(=O)(=O)c1ccc(OC)c(NC(=O)Cn2c(C)cc3ccccc32)c1. The number of amides is 1. The van der Waals surface area contributed by atoms with Crippen molar-refractivity contribution in [1.82, 2.24) is 4.57 Å². The lowest BCUT2D eigenvalue weighted by molar-refractivity contribution is -0.116. The first kappa shape index (κ1) is 23.4. The summed E-state index contributed by atoms with van der Waals surface area (Å²) in [5.74, 6) is 0.0943. The summed E-state index contributed by atoms with van der Waals surface area (Å²) in [7, 11) is -2.37. The highest BCUT2D eigenvalue weighted by molar-refractivity contribution is 7.92. The largest absolute Gasteiger partial charge is 0.495 e. The highest BCUT2D eigenvalue weighted by Crippen LogP contribution is 2.31. The number of aromatic nitrogens is 1. The first-order valence-electron chi connectivity index (χ1n) is 11.0. The third-order valence-electron chi connectivity index (χ3n) is 5.68. The summed E-state index contributed by atoms with van der Waals surface area (Å²) in [5, 5.41) is 3.89. The van der Waals surface area contributed by atoms with Gasteiger partial charge in [0.25, 0.3) is 10.0 Å². The predicted octanol–water partition coefficient (Wildman–Crippen LogP) is 4.81. The average Bonchev–Trinajstić information content (AvgIpc) is 3.14. The number of hydrogen-bond donors (Lipinski definition) is 1. The lowest BCUT2D eigenvalue weighted by Crippen LogP contribution is -2.30. The molecule has 3 aromatic carbocycles. The minimum atomic E-state index is -3.85. The van der Waals surface area contributed by atoms with E-state index in [1.54, 1.807) is 37.3 Å². The predicted molar refractivity (Wildman–Crippen MR) is 135 cm³/mol. The number of sulfonamides is 1. The molecule has 0 unspecified atom stereocenters. The number of carbonyl (C=O) groups is 1. The number of rotatable bonds is 8. The van der Waals surface area contributed by atoms with E-state index in [4.69, 9.17) is 4.74 Å². The van der Waals surface area contributed by atoms with Crippen LogP contribution in [0.4, 0.5) is 11.4 Å². The molecule has 7 nitrogen and oxygen atoms in total. The third-order valence-corrected chi connectivity index (χ3v) is 7.58. The summed E-state index contributed by atoms with van der Waals surface area (Å²) in [6.45, 7) is 4.08. The van der Waals surface area contributed by atoms with E-state index in [9.17, 15) is 13.2 Å². The highest BCUT2D eigenvalue weighted by Gasteiger charge is 2.25. The van der Waals surface area contributed by atoms with Gasteiger partial charge in [-0.15, -0.1) is 0 Å². The second-order valence-corrected chi connectivity index (χ2v) is 9.71. The van der Waals surface area contributed by atoms with Crippen molar-refractivity contribution in [2.45, 2.75) is 25.3 Å². The molecule has 4 rings (SSSR count). The topological polar surface area (TPSA) is 80.6 Å². The minimum absolute atomic E-state index is 0.0666. The van der Waals surface area contributed by atoms with Gasteiger partial charge in [0.1, 0.15) is 12.3 Å². The van der Waals surface area contributed by atoms with E-state index >= 15 is 0 Å². The Labute approximate surface area is 199 Å². The number of aryl methyl sites for hydroxylation is 1. The Morgan fingerprint density at radius 1 is 1.00 bits per heavy atom. The first-order valence-corrected chi connectivity index (χ1v) is 12.4. The summed E-state index contributed by atoms with van der Waals surface area (Å²) >= 11 is 0. The van der Waals surface area contributed by atoms with Crippen molar-refractivity contribution in [1.29, 1.82) is 0 Å². The second-order valence-electron chi connectivity index (χ2n) is 7.85. The van der Waals surface area contributed by atoms with E-state index in [-0.39, 0.29) is 23.9 Å². The number of para-hydroxylation sites is 2. The Morgan fingerprint density at radius 2 is 1.71 bits per heavy atom. The van der Waals surface area contributed by atoms with Crippen LogP contribution >= 0.6 is 0 Å². The van der Waals surface area contributed by atoms with Crippen LogP contribution in [0.3, 0.4) is 0 Å². The van der Waals surface area contributed by atoms with Gasteiger partial charge in [0.05, 0.1) is 23.4 Å². The van der Waals surface area contributed by atoms with Crippen molar-refractivity contribution < 1.29 is 17.9 Å². The number of fused-ring (bicyclic) bond motifs is 1. The van der Waals surface area contributed by atoms with Gasteiger partial charge in [0, 0.05) is 17.8 Å². The van der Waals surface area contributed by atoms with Crippen LogP contribution in [0.5, 0.6) is 5.75 Å². The molecule has 1 N–H and O–H groups in total. The van der Waals surface area contributed by atoms with Gasteiger partial charge in [-0.2, -0.15) is 0 Å². The fraction of sp³-hybridized carbons (Fsp3) is 0.192. The van der Waals surface area contributed by atoms with Crippen molar-refractivity contribution in [2.75, 3.05) is 23.3 Å². The molecule has 0 radical (unpaired) electrons. The van der Waals surface area contributed by atoms with Crippen molar-refractivity contribution in [3.63, 3.8) is 0 Å². The zero-order chi connectivity index (χ0) is 24.3. The van der Waals surface area contributed by atoms with Crippen molar-refractivity contribution >= 4 is 38.2 Å². The van der Waals surface area contributed by atoms with Gasteiger partial charge in [-0.05, 0) is 61.7 Å². The van der Waals surface area contributed by atoms with E-state index in [0.29, 0.717) is 17.1 Å². The number of nitrogens with one attached hydrogen (secondary N) is 1. The maximum Gasteiger partial charge on any atom is 0.264 e. The third kappa shape index (κ3) is 4.49. The molecule has 4 aromatic rings. The highest BCUT2D eigenvalue weighted by atomic mass is 32.2. The van der Waals surface area contributed by atoms with E-state index in [1.807, 2.05) is 47.9 Å². The van der Waals surface area contributed by atoms with Crippen LogP contribution < -0.4 is 14.4 Å². The van der Waals surface area contributed by atoms with E-state index in [1.165, 1.54) is 23.5 Å². The number of hydrogen-bond acceptors (Lipinski definition) is 4. The number of methoxy groups -OCH3 is 1. The normalized spacial score (nSPS) is 11.4. The van der Waals surface area contributed by atoms with Gasteiger partial charge in [-0.3, -0.25) is 9.10 Å². The Morgan fingerprint density at radius 3 is 2.41 bits per heavy atom. The summed E-state index contributed by atoms with van der Waals surface area (Å²) in [4.78, 5) is 13.0. The van der Waals surface area contributed by atoms with Crippen molar-refractivity contribution in [3.8, 4) is 5.75 Å². The Bertz CT molecular complexity index is 1430. The molecule has 1 aromatic heterocycles. The molecule has 0 aliphatic rings. The molecule has 0 saturated heterocycles. The van der Waals surface area contributed by atoms with Gasteiger partial charge in [0.2, 0.25) is 5.91 Å². The monoisotopic (exact) mass is 477 g/mol. The molecule has 0 spiro atoms. The number of nitrogens with zero attached hydrogens (tertiary/aromatic N) is 2. The van der Waals surface area contributed by atoms with Crippen LogP contribution in [0.25, 0.3) is 10.9 Å². The molecule has 176 valence electrons. The molecule has 0 aliphatic heterocycles. The summed E-state index contributed by atoms with van der Waals surface area (Å²) in [6, 6.07) is 23.3. The van der Waals surface area contributed by atoms with E-state index in [2.05, 4.69) is 5.32 Å². The van der Waals surface area contributed by atoms with Crippen molar-refractivity contribution in [3.05, 3.63) is 84.6 Å². The van der Waals surface area contributed by atoms with Crippen LogP contribution in [0.15, 0.2) is 83.8 Å². The number of ether oxygens (including phenoxy) is 1. The maximum atomic E-state index is 13.4. The molecule has 8 heteroatoms. The minimum Gasteiger partial charge on any atom is -0.495 e. The van der Waals surface area contributed by atoms with Crippen molar-refractivity contribution in [2.24, 2.45) is 0 Å². The molecule has 0 aliphatic carbocycles. The van der Waals surface area contributed by atoms with Crippen LogP contribution in [0.1, 0.15) is 12.6 Å². The van der Waals surface area contributed by atoms with Gasteiger partial charge in [0.15, 0.2) is 0 Å². The van der Waals surface area contributed by atoms with Crippen LogP contribution in [0.2, 0.25) is 0 Å². The summed E-state index contributed by atoms with van der Waals surface area (Å²) in [6.07, 6.45) is 0. The van der Waals surface area contributed by atoms with Gasteiger partial charge < -0.3 is 14.6 Å². The number of benzene rings is 3. The molecule has 0 fully saturated rings. The molecule has 0 bridgehead atoms. The van der Waals surface area contributed by atoms with Crippen LogP contribution in [-0.4, -0.2) is 32.5 Å². The second kappa shape index (κ2) is 9.61. The smallest absolute Gasteiger partial charge is 0.264 e. The van der Waals surface area contributed by atoms with Gasteiger partial charge in [-0.25, -0.2) is 8.42 Å². The zero-order valence-corrected chi connectivity index (χ0v) is 20.2. The Balaban J connectivity index is 1.63. The molecule has 1 amide bonds. The zero-order valence-electron chi connectivity index (χ0n) is 19.4. The van der Waals surface area contributed by atoms with Crippen LogP contribution in [-0.2, 0) is 21.4 Å². The average molecular weight is 478 g/mol. The molecule has 34 heavy (non-hydrogen) atoms. The quantitative estimate of drug-likeness (QED) is 0.395. The molecule has 0 saturated carbocycles. The fourth-order valence-corrected chi connectivity index (χ4v) is 5.55. The number of carbonyl (C=O) groups excluding carboxylic acids is 1. The number of anilines is 2.